The highest BCUT2D eigenvalue weighted by Gasteiger charge is 2.50. The Hall–Kier alpha value is -0.600. The van der Waals surface area contributed by atoms with E-state index in [9.17, 15) is 5.11 Å². The molecule has 0 aromatic carbocycles. The molecule has 0 aliphatic heterocycles. The Morgan fingerprint density at radius 2 is 1.95 bits per heavy atom. The fraction of sp³-hybridized carbons (Fsp3) is 0.765. The van der Waals surface area contributed by atoms with E-state index in [2.05, 4.69) is 32.9 Å². The van der Waals surface area contributed by atoms with Gasteiger partial charge < -0.3 is 9.84 Å². The van der Waals surface area contributed by atoms with Crippen molar-refractivity contribution in [2.75, 3.05) is 13.7 Å². The van der Waals surface area contributed by atoms with Crippen LogP contribution >= 0.6 is 0 Å². The lowest BCUT2D eigenvalue weighted by molar-refractivity contribution is 0.0561. The highest BCUT2D eigenvalue weighted by Crippen LogP contribution is 2.59. The van der Waals surface area contributed by atoms with Gasteiger partial charge in [0.15, 0.2) is 0 Å². The first kappa shape index (κ1) is 14.8. The highest BCUT2D eigenvalue weighted by atomic mass is 16.5. The summed E-state index contributed by atoms with van der Waals surface area (Å²) >= 11 is 0. The van der Waals surface area contributed by atoms with Crippen molar-refractivity contribution in [3.63, 3.8) is 0 Å². The van der Waals surface area contributed by atoms with E-state index in [0.717, 1.165) is 18.4 Å². The fourth-order valence-electron chi connectivity index (χ4n) is 4.30. The summed E-state index contributed by atoms with van der Waals surface area (Å²) in [6.45, 7) is 9.49. The summed E-state index contributed by atoms with van der Waals surface area (Å²) < 4.78 is 5.21. The smallest absolute Gasteiger partial charge is 0.0872 e. The Morgan fingerprint density at radius 3 is 2.58 bits per heavy atom. The lowest BCUT2D eigenvalue weighted by atomic mass is 9.52. The van der Waals surface area contributed by atoms with Crippen LogP contribution in [0.1, 0.15) is 53.4 Å². The molecule has 2 aliphatic rings. The van der Waals surface area contributed by atoms with Gasteiger partial charge in [-0.25, -0.2) is 0 Å². The van der Waals surface area contributed by atoms with Crippen molar-refractivity contribution in [1.29, 1.82) is 0 Å². The normalized spacial score (nSPS) is 39.9. The Labute approximate surface area is 117 Å². The molecular weight excluding hydrogens is 236 g/mol. The number of methoxy groups -OCH3 is 1. The summed E-state index contributed by atoms with van der Waals surface area (Å²) in [5.41, 5.74) is 2.19. The molecule has 2 aliphatic carbocycles. The van der Waals surface area contributed by atoms with Crippen LogP contribution in [-0.4, -0.2) is 24.4 Å². The molecule has 2 heteroatoms. The lowest BCUT2D eigenvalue weighted by Crippen LogP contribution is -2.46. The van der Waals surface area contributed by atoms with Crippen LogP contribution in [-0.2, 0) is 4.74 Å². The van der Waals surface area contributed by atoms with E-state index >= 15 is 0 Å². The Morgan fingerprint density at radius 1 is 1.26 bits per heavy atom. The zero-order chi connectivity index (χ0) is 14.3. The maximum absolute atomic E-state index is 10.8. The van der Waals surface area contributed by atoms with Gasteiger partial charge in [-0.05, 0) is 37.2 Å². The predicted octanol–water partition coefficient (Wildman–Crippen LogP) is 3.86. The molecule has 2 nitrogen and oxygen atoms in total. The number of aliphatic hydroxyl groups is 1. The molecule has 2 atom stereocenters. The molecule has 19 heavy (non-hydrogen) atoms. The van der Waals surface area contributed by atoms with Gasteiger partial charge in [-0.2, -0.15) is 0 Å². The molecule has 1 fully saturated rings. The van der Waals surface area contributed by atoms with E-state index in [1.807, 2.05) is 6.92 Å². The predicted molar refractivity (Wildman–Crippen MR) is 79.0 cm³/mol. The molecule has 0 radical (unpaired) electrons. The molecule has 0 aromatic heterocycles. The van der Waals surface area contributed by atoms with Crippen LogP contribution in [0.2, 0.25) is 0 Å². The monoisotopic (exact) mass is 264 g/mol. The maximum Gasteiger partial charge on any atom is 0.0872 e. The third-order valence-corrected chi connectivity index (χ3v) is 5.13. The molecule has 0 aromatic rings. The second kappa shape index (κ2) is 4.75. The first-order valence-electron chi connectivity index (χ1n) is 7.38. The molecule has 0 heterocycles. The van der Waals surface area contributed by atoms with Gasteiger partial charge in [0.2, 0.25) is 0 Å². The van der Waals surface area contributed by atoms with Gasteiger partial charge in [0, 0.05) is 12.5 Å². The van der Waals surface area contributed by atoms with Gasteiger partial charge in [-0.1, -0.05) is 44.9 Å². The summed E-state index contributed by atoms with van der Waals surface area (Å²) in [5, 5.41) is 10.8. The van der Waals surface area contributed by atoms with Crippen LogP contribution in [0, 0.1) is 10.8 Å². The zero-order valence-electron chi connectivity index (χ0n) is 13.0. The van der Waals surface area contributed by atoms with E-state index < -0.39 is 5.60 Å². The molecule has 1 N–H and O–H groups in total. The fourth-order valence-corrected chi connectivity index (χ4v) is 4.30. The van der Waals surface area contributed by atoms with Gasteiger partial charge in [0.05, 0.1) is 12.2 Å². The Kier molecular flexibility index (Phi) is 3.70. The average molecular weight is 264 g/mol. The number of hydrogen-bond donors (Lipinski definition) is 1. The molecule has 0 unspecified atom stereocenters. The second-order valence-corrected chi connectivity index (χ2v) is 7.24. The van der Waals surface area contributed by atoms with Crippen LogP contribution in [0.25, 0.3) is 0 Å². The minimum atomic E-state index is -0.732. The van der Waals surface area contributed by atoms with Crippen LogP contribution in [0.3, 0.4) is 0 Å². The van der Waals surface area contributed by atoms with Crippen LogP contribution in [0.5, 0.6) is 0 Å². The van der Waals surface area contributed by atoms with Crippen molar-refractivity contribution in [1.82, 2.24) is 0 Å². The summed E-state index contributed by atoms with van der Waals surface area (Å²) in [5.74, 6) is 0. The minimum absolute atomic E-state index is 0.00201. The van der Waals surface area contributed by atoms with Gasteiger partial charge in [-0.3, -0.25) is 0 Å². The first-order chi connectivity index (χ1) is 8.74. The lowest BCUT2D eigenvalue weighted by Gasteiger charge is -2.53. The third-order valence-electron chi connectivity index (χ3n) is 5.13. The molecule has 1 saturated carbocycles. The third kappa shape index (κ3) is 2.41. The topological polar surface area (TPSA) is 29.5 Å². The summed E-state index contributed by atoms with van der Waals surface area (Å²) in [6, 6.07) is 0. The number of fused-ring (bicyclic) bond motifs is 1. The van der Waals surface area contributed by atoms with Gasteiger partial charge in [0.1, 0.15) is 0 Å². The van der Waals surface area contributed by atoms with Gasteiger partial charge >= 0.3 is 0 Å². The maximum atomic E-state index is 10.8. The van der Waals surface area contributed by atoms with E-state index in [1.54, 1.807) is 7.11 Å². The van der Waals surface area contributed by atoms with E-state index in [1.165, 1.54) is 18.4 Å². The summed E-state index contributed by atoms with van der Waals surface area (Å²) in [6.07, 6.45) is 8.72. The standard InChI is InChI=1S/C17H28O2/c1-15(2)9-6-10-16(3)13(15)7-11-17(4,18)14(16)8-12-19-5/h7-8,18H,6,9-12H2,1-5H3/b14-8-/t16-,17+/m0/s1. The van der Waals surface area contributed by atoms with Crippen molar-refractivity contribution in [2.24, 2.45) is 10.8 Å². The number of ether oxygens (including phenoxy) is 1. The second-order valence-electron chi connectivity index (χ2n) is 7.24. The van der Waals surface area contributed by atoms with Crippen LogP contribution in [0.4, 0.5) is 0 Å². The molecule has 2 rings (SSSR count). The van der Waals surface area contributed by atoms with Crippen molar-refractivity contribution in [3.05, 3.63) is 23.3 Å². The minimum Gasteiger partial charge on any atom is -0.385 e. The molecule has 108 valence electrons. The molecular formula is C17H28O2. The summed E-state index contributed by atoms with van der Waals surface area (Å²) in [7, 11) is 1.71. The largest absolute Gasteiger partial charge is 0.385 e. The number of allylic oxidation sites excluding steroid dienone is 1. The number of hydrogen-bond acceptors (Lipinski definition) is 2. The first-order valence-corrected chi connectivity index (χ1v) is 7.38. The molecule has 0 spiro atoms. The molecule has 0 amide bonds. The zero-order valence-corrected chi connectivity index (χ0v) is 13.0. The van der Waals surface area contributed by atoms with Crippen molar-refractivity contribution >= 4 is 0 Å². The van der Waals surface area contributed by atoms with E-state index in [4.69, 9.17) is 4.74 Å². The van der Waals surface area contributed by atoms with E-state index in [-0.39, 0.29) is 10.8 Å². The molecule has 0 saturated heterocycles. The average Bonchev–Trinajstić information content (AvgIpc) is 2.26. The van der Waals surface area contributed by atoms with Gasteiger partial charge in [-0.15, -0.1) is 0 Å². The number of rotatable bonds is 2. The Balaban J connectivity index is 2.51. The van der Waals surface area contributed by atoms with Crippen molar-refractivity contribution < 1.29 is 9.84 Å². The SMILES string of the molecule is COC/C=C1/[C@@]2(C)CCCC(C)(C)C2=CC[C@@]1(C)O. The quantitative estimate of drug-likeness (QED) is 0.767. The van der Waals surface area contributed by atoms with Crippen molar-refractivity contribution in [3.8, 4) is 0 Å². The van der Waals surface area contributed by atoms with Gasteiger partial charge in [0.25, 0.3) is 0 Å². The van der Waals surface area contributed by atoms with Crippen molar-refractivity contribution in [2.45, 2.75) is 59.0 Å². The highest BCUT2D eigenvalue weighted by molar-refractivity contribution is 5.42. The summed E-state index contributed by atoms with van der Waals surface area (Å²) in [4.78, 5) is 0. The van der Waals surface area contributed by atoms with E-state index in [0.29, 0.717) is 6.61 Å². The Bertz CT molecular complexity index is 415. The molecule has 0 bridgehead atoms. The van der Waals surface area contributed by atoms with Crippen LogP contribution in [0.15, 0.2) is 23.3 Å². The van der Waals surface area contributed by atoms with Crippen LogP contribution < -0.4 is 0 Å².